The first-order valence-corrected chi connectivity index (χ1v) is 7.76. The van der Waals surface area contributed by atoms with Crippen LogP contribution in [0.4, 0.5) is 0 Å². The molecule has 0 spiro atoms. The Balaban J connectivity index is 2.19. The molecular weight excluding hydrogens is 286 g/mol. The second kappa shape index (κ2) is 7.75. The van der Waals surface area contributed by atoms with Crippen LogP contribution in [-0.4, -0.2) is 22.7 Å². The molecule has 23 heavy (non-hydrogen) atoms. The topological polar surface area (TPSA) is 49.3 Å². The first kappa shape index (κ1) is 17.0. The molecule has 0 radical (unpaired) electrons. The summed E-state index contributed by atoms with van der Waals surface area (Å²) in [5.74, 6) is -0.184. The summed E-state index contributed by atoms with van der Waals surface area (Å²) in [6.45, 7) is 5.43. The third kappa shape index (κ3) is 4.80. The van der Waals surface area contributed by atoms with Crippen LogP contribution in [0.1, 0.15) is 29.3 Å². The number of carbonyl (C=O) groups excluding carboxylic acids is 1. The van der Waals surface area contributed by atoms with Gasteiger partial charge in [-0.05, 0) is 37.5 Å². The number of benzene rings is 2. The normalized spacial score (nSPS) is 14.5. The van der Waals surface area contributed by atoms with Crippen molar-refractivity contribution in [3.63, 3.8) is 0 Å². The van der Waals surface area contributed by atoms with E-state index in [9.17, 15) is 9.90 Å². The summed E-state index contributed by atoms with van der Waals surface area (Å²) in [6, 6.07) is 18.5. The third-order valence-electron chi connectivity index (χ3n) is 3.93. The number of aliphatic hydroxyl groups is 1. The number of nitrogens with one attached hydrogen (secondary N) is 1. The number of rotatable bonds is 7. The van der Waals surface area contributed by atoms with Gasteiger partial charge < -0.3 is 10.4 Å². The van der Waals surface area contributed by atoms with Crippen LogP contribution >= 0.6 is 0 Å². The molecule has 0 unspecified atom stereocenters. The van der Waals surface area contributed by atoms with Gasteiger partial charge in [-0.1, -0.05) is 54.6 Å². The highest BCUT2D eigenvalue weighted by Gasteiger charge is 2.32. The number of hydrogen-bond acceptors (Lipinski definition) is 2. The van der Waals surface area contributed by atoms with Crippen LogP contribution in [0.25, 0.3) is 0 Å². The van der Waals surface area contributed by atoms with Crippen LogP contribution in [0.3, 0.4) is 0 Å². The lowest BCUT2D eigenvalue weighted by Crippen LogP contribution is -2.52. The molecule has 0 saturated heterocycles. The maximum atomic E-state index is 12.4. The number of amides is 1. The highest BCUT2D eigenvalue weighted by molar-refractivity contribution is 5.94. The first-order chi connectivity index (χ1) is 11.0. The van der Waals surface area contributed by atoms with Gasteiger partial charge in [-0.25, -0.2) is 0 Å². The molecule has 1 amide bonds. The van der Waals surface area contributed by atoms with Gasteiger partial charge in [0.2, 0.25) is 0 Å². The highest BCUT2D eigenvalue weighted by atomic mass is 16.3. The van der Waals surface area contributed by atoms with Gasteiger partial charge in [0.05, 0.1) is 11.6 Å². The Morgan fingerprint density at radius 2 is 1.74 bits per heavy atom. The Bertz CT molecular complexity index is 635. The quantitative estimate of drug-likeness (QED) is 0.771. The summed E-state index contributed by atoms with van der Waals surface area (Å²) in [5, 5.41) is 13.7. The summed E-state index contributed by atoms with van der Waals surface area (Å²) in [4.78, 5) is 12.4. The van der Waals surface area contributed by atoms with E-state index in [0.717, 1.165) is 5.56 Å². The molecule has 0 fully saturated rings. The van der Waals surface area contributed by atoms with Crippen molar-refractivity contribution in [2.75, 3.05) is 0 Å². The van der Waals surface area contributed by atoms with Crippen LogP contribution in [0.5, 0.6) is 0 Å². The van der Waals surface area contributed by atoms with Crippen LogP contribution in [0, 0.1) is 0 Å². The molecule has 2 aromatic rings. The van der Waals surface area contributed by atoms with Crippen molar-refractivity contribution < 1.29 is 9.90 Å². The van der Waals surface area contributed by atoms with E-state index < -0.39 is 11.6 Å². The van der Waals surface area contributed by atoms with E-state index in [1.54, 1.807) is 25.1 Å². The zero-order valence-corrected chi connectivity index (χ0v) is 13.4. The van der Waals surface area contributed by atoms with Crippen molar-refractivity contribution in [3.05, 3.63) is 84.4 Å². The van der Waals surface area contributed by atoms with E-state index in [2.05, 4.69) is 11.9 Å². The molecule has 120 valence electrons. The summed E-state index contributed by atoms with van der Waals surface area (Å²) in [7, 11) is 0. The monoisotopic (exact) mass is 309 g/mol. The van der Waals surface area contributed by atoms with E-state index in [-0.39, 0.29) is 5.91 Å². The van der Waals surface area contributed by atoms with Crippen LogP contribution in [0.15, 0.2) is 73.3 Å². The SMILES string of the molecule is C=CC[C@@](C)(O)[C@H](Cc1ccccc1)NC(=O)c1ccccc1. The van der Waals surface area contributed by atoms with Crippen LogP contribution < -0.4 is 5.32 Å². The molecule has 0 aromatic heterocycles. The minimum absolute atomic E-state index is 0.184. The van der Waals surface area contributed by atoms with E-state index in [0.29, 0.717) is 18.4 Å². The van der Waals surface area contributed by atoms with E-state index >= 15 is 0 Å². The molecular formula is C20H23NO2. The zero-order chi connectivity index (χ0) is 16.7. The molecule has 2 N–H and O–H groups in total. The van der Waals surface area contributed by atoms with Gasteiger partial charge in [-0.3, -0.25) is 4.79 Å². The van der Waals surface area contributed by atoms with Gasteiger partial charge >= 0.3 is 0 Å². The predicted octanol–water partition coefficient (Wildman–Crippen LogP) is 3.35. The lowest BCUT2D eigenvalue weighted by atomic mass is 9.87. The van der Waals surface area contributed by atoms with Gasteiger partial charge in [0.1, 0.15) is 0 Å². The summed E-state index contributed by atoms with van der Waals surface area (Å²) in [5.41, 5.74) is 0.581. The molecule has 2 atom stereocenters. The maximum Gasteiger partial charge on any atom is 0.251 e. The minimum Gasteiger partial charge on any atom is -0.388 e. The first-order valence-electron chi connectivity index (χ1n) is 7.76. The van der Waals surface area contributed by atoms with Gasteiger partial charge in [-0.2, -0.15) is 0 Å². The number of carbonyl (C=O) groups is 1. The van der Waals surface area contributed by atoms with Gasteiger partial charge in [0.15, 0.2) is 0 Å². The Hall–Kier alpha value is -2.39. The Morgan fingerprint density at radius 1 is 1.17 bits per heavy atom. The average molecular weight is 309 g/mol. The number of hydrogen-bond donors (Lipinski definition) is 2. The lowest BCUT2D eigenvalue weighted by molar-refractivity contribution is 0.0212. The van der Waals surface area contributed by atoms with Crippen molar-refractivity contribution in [3.8, 4) is 0 Å². The zero-order valence-electron chi connectivity index (χ0n) is 13.4. The standard InChI is InChI=1S/C20H23NO2/c1-3-14-20(2,23)18(15-16-10-6-4-7-11-16)21-19(22)17-12-8-5-9-13-17/h3-13,18,23H,1,14-15H2,2H3,(H,21,22)/t18-,20+/m0/s1. The molecule has 0 bridgehead atoms. The van der Waals surface area contributed by atoms with E-state index in [1.807, 2.05) is 48.5 Å². The van der Waals surface area contributed by atoms with E-state index in [4.69, 9.17) is 0 Å². The van der Waals surface area contributed by atoms with Gasteiger partial charge in [0.25, 0.3) is 5.91 Å². The molecule has 3 heteroatoms. The van der Waals surface area contributed by atoms with E-state index in [1.165, 1.54) is 0 Å². The van der Waals surface area contributed by atoms with Gasteiger partial charge in [0, 0.05) is 5.56 Å². The Kier molecular flexibility index (Phi) is 5.72. The summed E-state index contributed by atoms with van der Waals surface area (Å²) >= 11 is 0. The fraction of sp³-hybridized carbons (Fsp3) is 0.250. The van der Waals surface area contributed by atoms with Crippen LogP contribution in [-0.2, 0) is 6.42 Å². The van der Waals surface area contributed by atoms with Crippen molar-refractivity contribution in [2.45, 2.75) is 31.4 Å². The molecule has 2 aromatic carbocycles. The molecule has 0 heterocycles. The van der Waals surface area contributed by atoms with Crippen molar-refractivity contribution in [1.82, 2.24) is 5.32 Å². The second-order valence-corrected chi connectivity index (χ2v) is 5.93. The average Bonchev–Trinajstić information content (AvgIpc) is 2.56. The Labute approximate surface area is 137 Å². The van der Waals surface area contributed by atoms with Crippen molar-refractivity contribution in [2.24, 2.45) is 0 Å². The summed E-state index contributed by atoms with van der Waals surface area (Å²) < 4.78 is 0. The lowest BCUT2D eigenvalue weighted by Gasteiger charge is -2.33. The Morgan fingerprint density at radius 3 is 2.30 bits per heavy atom. The van der Waals surface area contributed by atoms with Crippen molar-refractivity contribution >= 4 is 5.91 Å². The highest BCUT2D eigenvalue weighted by Crippen LogP contribution is 2.20. The van der Waals surface area contributed by atoms with Crippen molar-refractivity contribution in [1.29, 1.82) is 0 Å². The molecule has 0 aliphatic rings. The third-order valence-corrected chi connectivity index (χ3v) is 3.93. The minimum atomic E-state index is -1.07. The fourth-order valence-electron chi connectivity index (χ4n) is 2.54. The largest absolute Gasteiger partial charge is 0.388 e. The molecule has 2 rings (SSSR count). The summed E-state index contributed by atoms with van der Waals surface area (Å²) in [6.07, 6.45) is 2.63. The maximum absolute atomic E-state index is 12.4. The fourth-order valence-corrected chi connectivity index (χ4v) is 2.54. The second-order valence-electron chi connectivity index (χ2n) is 5.93. The molecule has 0 aliphatic heterocycles. The predicted molar refractivity (Wildman–Crippen MR) is 93.3 cm³/mol. The van der Waals surface area contributed by atoms with Gasteiger partial charge in [-0.15, -0.1) is 6.58 Å². The molecule has 0 aliphatic carbocycles. The molecule has 0 saturated carbocycles. The smallest absolute Gasteiger partial charge is 0.251 e. The molecule has 3 nitrogen and oxygen atoms in total. The van der Waals surface area contributed by atoms with Crippen LogP contribution in [0.2, 0.25) is 0 Å².